The molecule has 0 spiro atoms. The molecule has 0 unspecified atom stereocenters. The normalized spacial score (nSPS) is 10.7. The number of allylic oxidation sites excluding steroid dienone is 1. The van der Waals surface area contributed by atoms with Crippen LogP contribution >= 0.6 is 0 Å². The van der Waals surface area contributed by atoms with Crippen LogP contribution in [0.15, 0.2) is 56.6 Å². The second-order valence-electron chi connectivity index (χ2n) is 5.44. The van der Waals surface area contributed by atoms with Gasteiger partial charge in [0.05, 0.1) is 12.6 Å². The molecule has 8 nitrogen and oxygen atoms in total. The Labute approximate surface area is 158 Å². The number of carbonyl (C=O) groups is 1. The van der Waals surface area contributed by atoms with Gasteiger partial charge in [0.25, 0.3) is 5.91 Å². The fourth-order valence-corrected chi connectivity index (χ4v) is 2.48. The summed E-state index contributed by atoms with van der Waals surface area (Å²) in [6, 6.07) is 7.92. The first-order valence-electron chi connectivity index (χ1n) is 8.02. The van der Waals surface area contributed by atoms with E-state index < -0.39 is 17.3 Å². The third kappa shape index (κ3) is 3.68. The van der Waals surface area contributed by atoms with Crippen LogP contribution in [0.25, 0.3) is 17.1 Å². The lowest BCUT2D eigenvalue weighted by Gasteiger charge is -2.09. The molecule has 1 aromatic carbocycles. The lowest BCUT2D eigenvalue weighted by atomic mass is 10.2. The van der Waals surface area contributed by atoms with Gasteiger partial charge in [-0.2, -0.15) is 0 Å². The van der Waals surface area contributed by atoms with E-state index in [-0.39, 0.29) is 17.6 Å². The minimum absolute atomic E-state index is 0.0639. The number of aromatic nitrogens is 2. The summed E-state index contributed by atoms with van der Waals surface area (Å²) >= 11 is 0. The molecule has 0 bridgehead atoms. The van der Waals surface area contributed by atoms with Crippen molar-refractivity contribution in [2.75, 3.05) is 13.7 Å². The van der Waals surface area contributed by atoms with Crippen molar-refractivity contribution in [3.05, 3.63) is 69.1 Å². The van der Waals surface area contributed by atoms with E-state index in [0.717, 1.165) is 4.57 Å². The summed E-state index contributed by atoms with van der Waals surface area (Å²) < 4.78 is 15.9. The fourth-order valence-electron chi connectivity index (χ4n) is 2.48. The van der Waals surface area contributed by atoms with Crippen LogP contribution in [-0.4, -0.2) is 29.2 Å². The Hall–Kier alpha value is -4.12. The molecule has 0 atom stereocenters. The summed E-state index contributed by atoms with van der Waals surface area (Å²) in [7, 11) is 1.47. The maximum atomic E-state index is 12.5. The van der Waals surface area contributed by atoms with E-state index in [1.165, 1.54) is 37.6 Å². The molecule has 0 saturated carbocycles. The van der Waals surface area contributed by atoms with Gasteiger partial charge in [0, 0.05) is 12.3 Å². The van der Waals surface area contributed by atoms with Gasteiger partial charge in [0.1, 0.15) is 6.61 Å². The Morgan fingerprint density at radius 3 is 2.89 bits per heavy atom. The van der Waals surface area contributed by atoms with Crippen molar-refractivity contribution in [3.63, 3.8) is 0 Å². The molecule has 2 heterocycles. The predicted octanol–water partition coefficient (Wildman–Crippen LogP) is 1.72. The summed E-state index contributed by atoms with van der Waals surface area (Å²) in [6.07, 6.45) is 9.19. The molecule has 0 amide bonds. The summed E-state index contributed by atoms with van der Waals surface area (Å²) in [6.45, 7) is 0.0905. The van der Waals surface area contributed by atoms with Crippen molar-refractivity contribution in [2.24, 2.45) is 0 Å². The number of hydrogen-bond donors (Lipinski definition) is 0. The van der Waals surface area contributed by atoms with E-state index in [4.69, 9.17) is 15.9 Å². The van der Waals surface area contributed by atoms with E-state index in [9.17, 15) is 14.4 Å². The van der Waals surface area contributed by atoms with Gasteiger partial charge in [0.15, 0.2) is 17.0 Å². The molecule has 0 fully saturated rings. The second-order valence-corrected chi connectivity index (χ2v) is 5.44. The van der Waals surface area contributed by atoms with Gasteiger partial charge < -0.3 is 13.9 Å². The molecule has 8 heteroatoms. The standard InChI is InChI=1S/C20H14N2O6/c1-3-11-27-15-8-6-13(12-16(15)26-2)7-9-17(23)22-14-5-4-10-21-18(14)19(24)28-20(22)25/h1,4-10,12H,11H2,2H3/b9-7+. The van der Waals surface area contributed by atoms with E-state index in [1.807, 2.05) is 0 Å². The molecule has 0 aliphatic rings. The number of carbonyl (C=O) groups excluding carboxylic acids is 1. The van der Waals surface area contributed by atoms with Crippen LogP contribution in [0.5, 0.6) is 11.5 Å². The molecule has 3 aromatic rings. The Morgan fingerprint density at radius 2 is 2.14 bits per heavy atom. The molecule has 0 saturated heterocycles. The molecule has 2 aromatic heterocycles. The lowest BCUT2D eigenvalue weighted by Crippen LogP contribution is -2.29. The van der Waals surface area contributed by atoms with Crippen LogP contribution in [0.3, 0.4) is 0 Å². The zero-order valence-electron chi connectivity index (χ0n) is 14.7. The van der Waals surface area contributed by atoms with Gasteiger partial charge in [-0.15, -0.1) is 6.42 Å². The fraction of sp³-hybridized carbons (Fsp3) is 0.100. The predicted molar refractivity (Wildman–Crippen MR) is 102 cm³/mol. The van der Waals surface area contributed by atoms with Crippen molar-refractivity contribution >= 4 is 23.0 Å². The Morgan fingerprint density at radius 1 is 1.32 bits per heavy atom. The minimum atomic E-state index is -1.09. The summed E-state index contributed by atoms with van der Waals surface area (Å²) in [5, 5.41) is 0. The zero-order valence-corrected chi connectivity index (χ0v) is 14.7. The number of benzene rings is 1. The number of methoxy groups -OCH3 is 1. The van der Waals surface area contributed by atoms with Crippen LogP contribution in [0.1, 0.15) is 10.4 Å². The molecule has 0 N–H and O–H groups in total. The Bertz CT molecular complexity index is 1230. The van der Waals surface area contributed by atoms with Crippen molar-refractivity contribution in [2.45, 2.75) is 0 Å². The number of ether oxygens (including phenoxy) is 2. The first kappa shape index (κ1) is 18.7. The average Bonchev–Trinajstić information content (AvgIpc) is 2.71. The maximum Gasteiger partial charge on any atom is 0.429 e. The highest BCUT2D eigenvalue weighted by Gasteiger charge is 2.14. The highest BCUT2D eigenvalue weighted by atomic mass is 16.5. The molecule has 140 valence electrons. The van der Waals surface area contributed by atoms with Crippen molar-refractivity contribution < 1.29 is 18.7 Å². The Balaban J connectivity index is 1.95. The van der Waals surface area contributed by atoms with Crippen LogP contribution in [0.4, 0.5) is 0 Å². The first-order valence-corrected chi connectivity index (χ1v) is 8.02. The van der Waals surface area contributed by atoms with Gasteiger partial charge in [-0.25, -0.2) is 19.1 Å². The van der Waals surface area contributed by atoms with Crippen molar-refractivity contribution in [1.82, 2.24) is 9.55 Å². The maximum absolute atomic E-state index is 12.5. The summed E-state index contributed by atoms with van der Waals surface area (Å²) in [5.41, 5.74) is -0.332. The largest absolute Gasteiger partial charge is 0.493 e. The molecule has 0 aliphatic heterocycles. The molecule has 3 rings (SSSR count). The third-order valence-electron chi connectivity index (χ3n) is 3.72. The van der Waals surface area contributed by atoms with Crippen LogP contribution in [-0.2, 0) is 0 Å². The van der Waals surface area contributed by atoms with Gasteiger partial charge in [0.2, 0.25) is 0 Å². The van der Waals surface area contributed by atoms with Crippen LogP contribution < -0.4 is 20.9 Å². The molecule has 0 radical (unpaired) electrons. The first-order chi connectivity index (χ1) is 13.5. The second kappa shape index (κ2) is 8.05. The van der Waals surface area contributed by atoms with Crippen LogP contribution in [0.2, 0.25) is 0 Å². The number of rotatable bonds is 5. The number of hydrogen-bond acceptors (Lipinski definition) is 7. The molecule has 28 heavy (non-hydrogen) atoms. The van der Waals surface area contributed by atoms with Crippen molar-refractivity contribution in [3.8, 4) is 23.8 Å². The van der Waals surface area contributed by atoms with Gasteiger partial charge in [-0.05, 0) is 35.9 Å². The van der Waals surface area contributed by atoms with Gasteiger partial charge >= 0.3 is 11.4 Å². The van der Waals surface area contributed by atoms with Gasteiger partial charge in [-0.3, -0.25) is 4.79 Å². The minimum Gasteiger partial charge on any atom is -0.493 e. The van der Waals surface area contributed by atoms with E-state index in [1.54, 1.807) is 18.2 Å². The monoisotopic (exact) mass is 378 g/mol. The number of fused-ring (bicyclic) bond motifs is 1. The highest BCUT2D eigenvalue weighted by molar-refractivity contribution is 5.98. The third-order valence-corrected chi connectivity index (χ3v) is 3.72. The highest BCUT2D eigenvalue weighted by Crippen LogP contribution is 2.28. The topological polar surface area (TPSA) is 101 Å². The SMILES string of the molecule is C#CCOc1ccc(/C=C/C(=O)n2c(=O)oc(=O)c3ncccc32)cc1OC. The van der Waals surface area contributed by atoms with E-state index >= 15 is 0 Å². The molecular weight excluding hydrogens is 364 g/mol. The van der Waals surface area contributed by atoms with E-state index in [0.29, 0.717) is 17.1 Å². The summed E-state index contributed by atoms with van der Waals surface area (Å²) in [4.78, 5) is 40.1. The number of nitrogens with zero attached hydrogens (tertiary/aromatic N) is 2. The van der Waals surface area contributed by atoms with Crippen LogP contribution in [0, 0.1) is 12.3 Å². The zero-order chi connectivity index (χ0) is 20.1. The molecular formula is C20H14N2O6. The Kier molecular flexibility index (Phi) is 5.37. The quantitative estimate of drug-likeness (QED) is 0.492. The smallest absolute Gasteiger partial charge is 0.429 e. The van der Waals surface area contributed by atoms with Crippen molar-refractivity contribution in [1.29, 1.82) is 0 Å². The summed E-state index contributed by atoms with van der Waals surface area (Å²) in [5.74, 6) is 1.47. The molecule has 0 aliphatic carbocycles. The van der Waals surface area contributed by atoms with E-state index in [2.05, 4.69) is 15.3 Å². The average molecular weight is 378 g/mol. The number of pyridine rings is 1. The van der Waals surface area contributed by atoms with Gasteiger partial charge in [-0.1, -0.05) is 12.0 Å². The lowest BCUT2D eigenvalue weighted by molar-refractivity contribution is 0.0960. The number of terminal acetylenes is 1.